The molecule has 0 aromatic heterocycles. The first kappa shape index (κ1) is 8.60. The number of phenols is 1. The molecule has 0 unspecified atom stereocenters. The highest BCUT2D eigenvalue weighted by Crippen LogP contribution is 2.23. The SMILES string of the molecule is Cc1cc(O)c(C)c(CBr)c1. The van der Waals surface area contributed by atoms with Crippen LogP contribution in [0, 0.1) is 13.8 Å². The molecule has 0 saturated heterocycles. The van der Waals surface area contributed by atoms with Gasteiger partial charge in [0.25, 0.3) is 0 Å². The normalized spacial score (nSPS) is 10.1. The van der Waals surface area contributed by atoms with Crippen molar-refractivity contribution in [2.75, 3.05) is 0 Å². The highest BCUT2D eigenvalue weighted by molar-refractivity contribution is 9.08. The Kier molecular flexibility index (Phi) is 2.55. The Hall–Kier alpha value is -0.500. The van der Waals surface area contributed by atoms with Crippen molar-refractivity contribution in [1.82, 2.24) is 0 Å². The lowest BCUT2D eigenvalue weighted by Crippen LogP contribution is -1.86. The van der Waals surface area contributed by atoms with Crippen molar-refractivity contribution >= 4 is 15.9 Å². The number of aryl methyl sites for hydroxylation is 1. The Labute approximate surface area is 75.2 Å². The smallest absolute Gasteiger partial charge is 0.119 e. The van der Waals surface area contributed by atoms with E-state index in [1.807, 2.05) is 13.8 Å². The molecule has 0 aliphatic rings. The van der Waals surface area contributed by atoms with Crippen molar-refractivity contribution in [3.8, 4) is 5.75 Å². The average Bonchev–Trinajstić information content (AvgIpc) is 1.96. The molecule has 0 aliphatic heterocycles. The maximum atomic E-state index is 9.39. The number of hydrogen-bond donors (Lipinski definition) is 1. The summed E-state index contributed by atoms with van der Waals surface area (Å²) < 4.78 is 0. The molecule has 0 amide bonds. The number of aromatic hydroxyl groups is 1. The minimum atomic E-state index is 0.388. The number of hydrogen-bond acceptors (Lipinski definition) is 1. The van der Waals surface area contributed by atoms with E-state index in [0.29, 0.717) is 5.75 Å². The lowest BCUT2D eigenvalue weighted by atomic mass is 10.1. The highest BCUT2D eigenvalue weighted by atomic mass is 79.9. The van der Waals surface area contributed by atoms with Crippen molar-refractivity contribution in [2.24, 2.45) is 0 Å². The number of alkyl halides is 1. The molecule has 2 heteroatoms. The summed E-state index contributed by atoms with van der Waals surface area (Å²) in [5.41, 5.74) is 3.22. The molecule has 1 aromatic carbocycles. The largest absolute Gasteiger partial charge is 0.508 e. The van der Waals surface area contributed by atoms with Gasteiger partial charge >= 0.3 is 0 Å². The third-order valence-corrected chi connectivity index (χ3v) is 2.38. The van der Waals surface area contributed by atoms with Gasteiger partial charge in [-0.2, -0.15) is 0 Å². The molecule has 0 spiro atoms. The fourth-order valence-corrected chi connectivity index (χ4v) is 1.63. The Morgan fingerprint density at radius 3 is 2.55 bits per heavy atom. The molecule has 0 heterocycles. The zero-order chi connectivity index (χ0) is 8.43. The molecular formula is C9H11BrO. The Morgan fingerprint density at radius 2 is 2.00 bits per heavy atom. The van der Waals surface area contributed by atoms with Crippen LogP contribution < -0.4 is 0 Å². The van der Waals surface area contributed by atoms with Crippen molar-refractivity contribution in [3.05, 3.63) is 28.8 Å². The van der Waals surface area contributed by atoms with Gasteiger partial charge in [-0.15, -0.1) is 0 Å². The Balaban J connectivity index is 3.24. The van der Waals surface area contributed by atoms with Crippen LogP contribution in [0.3, 0.4) is 0 Å². The fourth-order valence-electron chi connectivity index (χ4n) is 1.05. The van der Waals surface area contributed by atoms with Gasteiger partial charge in [0.05, 0.1) is 0 Å². The van der Waals surface area contributed by atoms with Crippen LogP contribution >= 0.6 is 15.9 Å². The maximum Gasteiger partial charge on any atom is 0.119 e. The Bertz CT molecular complexity index is 269. The van der Waals surface area contributed by atoms with Crippen LogP contribution in [0.4, 0.5) is 0 Å². The van der Waals surface area contributed by atoms with E-state index in [9.17, 15) is 5.11 Å². The van der Waals surface area contributed by atoms with E-state index in [1.54, 1.807) is 6.07 Å². The van der Waals surface area contributed by atoms with Crippen LogP contribution in [-0.2, 0) is 5.33 Å². The number of benzene rings is 1. The van der Waals surface area contributed by atoms with Gasteiger partial charge < -0.3 is 5.11 Å². The third-order valence-electron chi connectivity index (χ3n) is 1.78. The van der Waals surface area contributed by atoms with Gasteiger partial charge in [-0.1, -0.05) is 22.0 Å². The number of rotatable bonds is 1. The monoisotopic (exact) mass is 214 g/mol. The van der Waals surface area contributed by atoms with Crippen molar-refractivity contribution in [1.29, 1.82) is 0 Å². The van der Waals surface area contributed by atoms with E-state index in [-0.39, 0.29) is 0 Å². The van der Waals surface area contributed by atoms with Crippen LogP contribution in [0.15, 0.2) is 12.1 Å². The minimum absolute atomic E-state index is 0.388. The molecule has 0 saturated carbocycles. The molecule has 1 N–H and O–H groups in total. The van der Waals surface area contributed by atoms with Crippen LogP contribution in [0.2, 0.25) is 0 Å². The summed E-state index contributed by atoms with van der Waals surface area (Å²) in [6.07, 6.45) is 0. The zero-order valence-corrected chi connectivity index (χ0v) is 8.27. The van der Waals surface area contributed by atoms with Gasteiger partial charge in [-0.25, -0.2) is 0 Å². The fraction of sp³-hybridized carbons (Fsp3) is 0.333. The molecule has 0 radical (unpaired) electrons. The van der Waals surface area contributed by atoms with Gasteiger partial charge in [0.1, 0.15) is 5.75 Å². The number of halogens is 1. The molecule has 1 aromatic rings. The molecule has 0 fully saturated rings. The Morgan fingerprint density at radius 1 is 1.36 bits per heavy atom. The maximum absolute atomic E-state index is 9.39. The second kappa shape index (κ2) is 3.26. The van der Waals surface area contributed by atoms with Crippen molar-refractivity contribution < 1.29 is 5.11 Å². The van der Waals surface area contributed by atoms with Crippen LogP contribution in [0.1, 0.15) is 16.7 Å². The summed E-state index contributed by atoms with van der Waals surface area (Å²) in [7, 11) is 0. The summed E-state index contributed by atoms with van der Waals surface area (Å²) in [5, 5.41) is 10.2. The van der Waals surface area contributed by atoms with E-state index < -0.39 is 0 Å². The van der Waals surface area contributed by atoms with Gasteiger partial charge in [0.15, 0.2) is 0 Å². The summed E-state index contributed by atoms with van der Waals surface area (Å²) >= 11 is 3.37. The lowest BCUT2D eigenvalue weighted by molar-refractivity contribution is 0.470. The molecule has 1 nitrogen and oxygen atoms in total. The molecule has 0 bridgehead atoms. The van der Waals surface area contributed by atoms with Gasteiger partial charge in [0.2, 0.25) is 0 Å². The quantitative estimate of drug-likeness (QED) is 0.714. The van der Waals surface area contributed by atoms with Crippen molar-refractivity contribution in [2.45, 2.75) is 19.2 Å². The molecule has 0 aliphatic carbocycles. The second-order valence-electron chi connectivity index (χ2n) is 2.70. The summed E-state index contributed by atoms with van der Waals surface area (Å²) in [4.78, 5) is 0. The second-order valence-corrected chi connectivity index (χ2v) is 3.26. The third kappa shape index (κ3) is 1.74. The van der Waals surface area contributed by atoms with E-state index >= 15 is 0 Å². The van der Waals surface area contributed by atoms with Gasteiger partial charge in [-0.05, 0) is 36.6 Å². The van der Waals surface area contributed by atoms with Crippen LogP contribution in [-0.4, -0.2) is 5.11 Å². The van der Waals surface area contributed by atoms with E-state index in [2.05, 4.69) is 22.0 Å². The van der Waals surface area contributed by atoms with E-state index in [4.69, 9.17) is 0 Å². The standard InChI is InChI=1S/C9H11BrO/c1-6-3-8(5-10)7(2)9(11)4-6/h3-4,11H,5H2,1-2H3. The molecular weight excluding hydrogens is 204 g/mol. The minimum Gasteiger partial charge on any atom is -0.508 e. The van der Waals surface area contributed by atoms with Crippen molar-refractivity contribution in [3.63, 3.8) is 0 Å². The molecule has 11 heavy (non-hydrogen) atoms. The first-order valence-electron chi connectivity index (χ1n) is 3.50. The van der Waals surface area contributed by atoms with Gasteiger partial charge in [-0.3, -0.25) is 0 Å². The van der Waals surface area contributed by atoms with Gasteiger partial charge in [0, 0.05) is 5.33 Å². The predicted molar refractivity (Wildman–Crippen MR) is 50.2 cm³/mol. The first-order chi connectivity index (χ1) is 5.15. The van der Waals surface area contributed by atoms with Crippen LogP contribution in [0.5, 0.6) is 5.75 Å². The predicted octanol–water partition coefficient (Wildman–Crippen LogP) is 2.90. The summed E-state index contributed by atoms with van der Waals surface area (Å²) in [6, 6.07) is 3.85. The van der Waals surface area contributed by atoms with E-state index in [0.717, 1.165) is 22.0 Å². The molecule has 60 valence electrons. The number of phenolic OH excluding ortho intramolecular Hbond substituents is 1. The highest BCUT2D eigenvalue weighted by Gasteiger charge is 2.02. The topological polar surface area (TPSA) is 20.2 Å². The zero-order valence-electron chi connectivity index (χ0n) is 6.69. The summed E-state index contributed by atoms with van der Waals surface area (Å²) in [5.74, 6) is 0.388. The molecule has 0 atom stereocenters. The first-order valence-corrected chi connectivity index (χ1v) is 4.62. The summed E-state index contributed by atoms with van der Waals surface area (Å²) in [6.45, 7) is 3.90. The lowest BCUT2D eigenvalue weighted by Gasteiger charge is -2.05. The van der Waals surface area contributed by atoms with E-state index in [1.165, 1.54) is 0 Å². The molecule has 1 rings (SSSR count). The average molecular weight is 215 g/mol. The van der Waals surface area contributed by atoms with Crippen LogP contribution in [0.25, 0.3) is 0 Å².